The average Bonchev–Trinajstić information content (AvgIpc) is 2.71. The Morgan fingerprint density at radius 2 is 1.89 bits per heavy atom. The third-order valence-corrected chi connectivity index (χ3v) is 2.81. The van der Waals surface area contributed by atoms with Crippen molar-refractivity contribution >= 4 is 17.6 Å². The summed E-state index contributed by atoms with van der Waals surface area (Å²) in [6.07, 6.45) is 8.34. The fourth-order valence-corrected chi connectivity index (χ4v) is 1.86. The second-order valence-electron chi connectivity index (χ2n) is 4.15. The van der Waals surface area contributed by atoms with E-state index >= 15 is 0 Å². The normalized spacial score (nSPS) is 10.9. The molecule has 3 nitrogen and oxygen atoms in total. The Morgan fingerprint density at radius 1 is 1.17 bits per heavy atom. The van der Waals surface area contributed by atoms with Crippen molar-refractivity contribution in [3.63, 3.8) is 0 Å². The van der Waals surface area contributed by atoms with Crippen molar-refractivity contribution in [3.05, 3.63) is 65.9 Å². The molecular formula is C15H17N3. The van der Waals surface area contributed by atoms with Gasteiger partial charge < -0.3 is 16.5 Å². The van der Waals surface area contributed by atoms with Crippen LogP contribution in [0.15, 0.2) is 49.2 Å². The lowest BCUT2D eigenvalue weighted by molar-refractivity contribution is 1.19. The van der Waals surface area contributed by atoms with Crippen LogP contribution in [0.25, 0.3) is 6.08 Å². The summed E-state index contributed by atoms with van der Waals surface area (Å²) >= 11 is 0. The van der Waals surface area contributed by atoms with E-state index in [-0.39, 0.29) is 0 Å². The minimum absolute atomic E-state index is 0.679. The number of benzene rings is 1. The molecule has 0 fully saturated rings. The molecule has 1 aromatic carbocycles. The van der Waals surface area contributed by atoms with E-state index in [1.807, 2.05) is 42.6 Å². The Labute approximate surface area is 107 Å². The Morgan fingerprint density at radius 3 is 2.56 bits per heavy atom. The molecule has 0 aliphatic heterocycles. The number of rotatable bonds is 4. The van der Waals surface area contributed by atoms with Gasteiger partial charge in [0.1, 0.15) is 5.82 Å². The molecule has 0 saturated heterocycles. The van der Waals surface area contributed by atoms with Gasteiger partial charge in [0.05, 0.1) is 0 Å². The van der Waals surface area contributed by atoms with Crippen LogP contribution in [0.3, 0.4) is 0 Å². The number of aromatic amines is 1. The summed E-state index contributed by atoms with van der Waals surface area (Å²) in [6, 6.07) is 7.87. The second kappa shape index (κ2) is 5.27. The van der Waals surface area contributed by atoms with Crippen LogP contribution in [0.5, 0.6) is 0 Å². The van der Waals surface area contributed by atoms with Crippen molar-refractivity contribution in [3.8, 4) is 0 Å². The van der Waals surface area contributed by atoms with Gasteiger partial charge in [-0.3, -0.25) is 0 Å². The van der Waals surface area contributed by atoms with Gasteiger partial charge in [-0.2, -0.15) is 0 Å². The summed E-state index contributed by atoms with van der Waals surface area (Å²) in [5.74, 6) is 0.679. The maximum absolute atomic E-state index is 5.90. The van der Waals surface area contributed by atoms with E-state index in [1.165, 1.54) is 5.56 Å². The highest BCUT2D eigenvalue weighted by Gasteiger charge is 2.06. The van der Waals surface area contributed by atoms with Gasteiger partial charge in [0, 0.05) is 17.4 Å². The van der Waals surface area contributed by atoms with Crippen molar-refractivity contribution in [2.45, 2.75) is 6.42 Å². The minimum Gasteiger partial charge on any atom is -0.399 e. The number of nitrogens with two attached hydrogens (primary N) is 2. The molecule has 92 valence electrons. The standard InChI is InChI=1S/C15H17N3/c1-2-3-4-14-12(10-18-15(14)17)9-11-5-7-13(16)8-6-11/h2-8,10,18H,1,9,16-17H2/b4-3-. The first-order chi connectivity index (χ1) is 8.70. The number of allylic oxidation sites excluding steroid dienone is 2. The lowest BCUT2D eigenvalue weighted by Crippen LogP contribution is -1.92. The molecule has 0 unspecified atom stereocenters. The van der Waals surface area contributed by atoms with E-state index in [0.717, 1.165) is 23.2 Å². The van der Waals surface area contributed by atoms with Gasteiger partial charge in [-0.15, -0.1) is 0 Å². The molecule has 5 N–H and O–H groups in total. The first-order valence-electron chi connectivity index (χ1n) is 5.80. The van der Waals surface area contributed by atoms with E-state index in [1.54, 1.807) is 6.08 Å². The zero-order valence-electron chi connectivity index (χ0n) is 10.2. The van der Waals surface area contributed by atoms with Gasteiger partial charge in [0.15, 0.2) is 0 Å². The van der Waals surface area contributed by atoms with Crippen LogP contribution in [0.2, 0.25) is 0 Å². The number of anilines is 2. The summed E-state index contributed by atoms with van der Waals surface area (Å²) in [5, 5.41) is 0. The highest BCUT2D eigenvalue weighted by Crippen LogP contribution is 2.21. The third-order valence-electron chi connectivity index (χ3n) is 2.81. The van der Waals surface area contributed by atoms with Crippen LogP contribution in [-0.2, 0) is 6.42 Å². The first kappa shape index (κ1) is 12.0. The summed E-state index contributed by atoms with van der Waals surface area (Å²) in [7, 11) is 0. The van der Waals surface area contributed by atoms with Gasteiger partial charge in [0.25, 0.3) is 0 Å². The van der Waals surface area contributed by atoms with Gasteiger partial charge in [-0.25, -0.2) is 0 Å². The molecule has 1 aromatic heterocycles. The third kappa shape index (κ3) is 2.63. The number of H-pyrrole nitrogens is 1. The van der Waals surface area contributed by atoms with Crippen LogP contribution >= 0.6 is 0 Å². The molecule has 1 heterocycles. The first-order valence-corrected chi connectivity index (χ1v) is 5.80. The second-order valence-corrected chi connectivity index (χ2v) is 4.15. The molecular weight excluding hydrogens is 222 g/mol. The topological polar surface area (TPSA) is 67.8 Å². The fraction of sp³-hybridized carbons (Fsp3) is 0.0667. The molecule has 0 radical (unpaired) electrons. The minimum atomic E-state index is 0.679. The van der Waals surface area contributed by atoms with Crippen LogP contribution in [0.4, 0.5) is 11.5 Å². The van der Waals surface area contributed by atoms with Gasteiger partial charge in [-0.05, 0) is 29.7 Å². The van der Waals surface area contributed by atoms with Gasteiger partial charge in [-0.1, -0.05) is 36.9 Å². The van der Waals surface area contributed by atoms with Gasteiger partial charge >= 0.3 is 0 Å². The summed E-state index contributed by atoms with van der Waals surface area (Å²) in [5.41, 5.74) is 15.7. The largest absolute Gasteiger partial charge is 0.399 e. The van der Waals surface area contributed by atoms with Crippen LogP contribution in [0.1, 0.15) is 16.7 Å². The monoisotopic (exact) mass is 239 g/mol. The number of hydrogen-bond donors (Lipinski definition) is 3. The van der Waals surface area contributed by atoms with E-state index < -0.39 is 0 Å². The van der Waals surface area contributed by atoms with Crippen LogP contribution < -0.4 is 11.5 Å². The average molecular weight is 239 g/mol. The van der Waals surface area contributed by atoms with Crippen LogP contribution in [0, 0.1) is 0 Å². The van der Waals surface area contributed by atoms with E-state index in [4.69, 9.17) is 11.5 Å². The van der Waals surface area contributed by atoms with Crippen molar-refractivity contribution < 1.29 is 0 Å². The highest BCUT2D eigenvalue weighted by atomic mass is 14.8. The Bertz CT molecular complexity index is 562. The summed E-state index contributed by atoms with van der Waals surface area (Å²) in [6.45, 7) is 3.66. The molecule has 3 heteroatoms. The molecule has 2 aromatic rings. The lowest BCUT2D eigenvalue weighted by atomic mass is 10.0. The molecule has 0 amide bonds. The maximum atomic E-state index is 5.90. The van der Waals surface area contributed by atoms with Gasteiger partial charge in [0.2, 0.25) is 0 Å². The van der Waals surface area contributed by atoms with Crippen molar-refractivity contribution in [1.82, 2.24) is 4.98 Å². The quantitative estimate of drug-likeness (QED) is 0.567. The molecule has 2 rings (SSSR count). The Hall–Kier alpha value is -2.42. The van der Waals surface area contributed by atoms with Crippen LogP contribution in [-0.4, -0.2) is 4.98 Å². The SMILES string of the molecule is C=C/C=C\c1c(Cc2ccc(N)cc2)c[nH]c1N. The highest BCUT2D eigenvalue weighted by molar-refractivity contribution is 5.66. The van der Waals surface area contributed by atoms with E-state index in [2.05, 4.69) is 11.6 Å². The molecule has 18 heavy (non-hydrogen) atoms. The van der Waals surface area contributed by atoms with E-state index in [0.29, 0.717) is 5.82 Å². The fourth-order valence-electron chi connectivity index (χ4n) is 1.86. The summed E-state index contributed by atoms with van der Waals surface area (Å²) in [4.78, 5) is 3.05. The lowest BCUT2D eigenvalue weighted by Gasteiger charge is -2.02. The molecule has 0 aliphatic carbocycles. The van der Waals surface area contributed by atoms with Crippen molar-refractivity contribution in [1.29, 1.82) is 0 Å². The molecule has 0 aliphatic rings. The number of nitrogens with one attached hydrogen (secondary N) is 1. The molecule has 0 saturated carbocycles. The Balaban J connectivity index is 2.26. The summed E-state index contributed by atoms with van der Waals surface area (Å²) < 4.78 is 0. The van der Waals surface area contributed by atoms with Crippen molar-refractivity contribution in [2.24, 2.45) is 0 Å². The maximum Gasteiger partial charge on any atom is 0.108 e. The predicted molar refractivity (Wildman–Crippen MR) is 78.1 cm³/mol. The smallest absolute Gasteiger partial charge is 0.108 e. The predicted octanol–water partition coefficient (Wildman–Crippen LogP) is 2.97. The Kier molecular flexibility index (Phi) is 3.53. The molecule has 0 spiro atoms. The zero-order valence-corrected chi connectivity index (χ0v) is 10.2. The number of nitrogen functional groups attached to an aromatic ring is 2. The zero-order chi connectivity index (χ0) is 13.0. The molecule has 0 bridgehead atoms. The van der Waals surface area contributed by atoms with Crippen molar-refractivity contribution in [2.75, 3.05) is 11.5 Å². The number of aromatic nitrogens is 1. The number of hydrogen-bond acceptors (Lipinski definition) is 2. The van der Waals surface area contributed by atoms with E-state index in [9.17, 15) is 0 Å². The molecule has 0 atom stereocenters.